The number of aliphatic carboxylic acids is 1. The first-order valence-electron chi connectivity index (χ1n) is 9.42. The third-order valence-corrected chi connectivity index (χ3v) is 4.25. The summed E-state index contributed by atoms with van der Waals surface area (Å²) in [5.74, 6) is -4.27. The molecule has 4 amide bonds. The number of carboxylic acids is 1. The number of aliphatic hydroxyl groups excluding tert-OH is 1. The van der Waals surface area contributed by atoms with Gasteiger partial charge in [-0.25, -0.2) is 0 Å². The summed E-state index contributed by atoms with van der Waals surface area (Å²) in [6, 6.07) is -3.66. The van der Waals surface area contributed by atoms with Gasteiger partial charge >= 0.3 is 5.97 Å². The van der Waals surface area contributed by atoms with Crippen LogP contribution in [0.2, 0.25) is 0 Å². The van der Waals surface area contributed by atoms with Gasteiger partial charge in [0.1, 0.15) is 18.4 Å². The molecule has 12 nitrogen and oxygen atoms in total. The number of carboxylic acid groups (broad SMARTS) is 1. The highest BCUT2D eigenvalue weighted by Gasteiger charge is 2.29. The molecule has 12 heteroatoms. The van der Waals surface area contributed by atoms with Gasteiger partial charge in [-0.15, -0.1) is 0 Å². The zero-order chi connectivity index (χ0) is 23.4. The molecule has 0 aliphatic rings. The zero-order valence-electron chi connectivity index (χ0n) is 17.4. The molecule has 0 saturated carbocycles. The monoisotopic (exact) mass is 430 g/mol. The second kappa shape index (κ2) is 13.2. The van der Waals surface area contributed by atoms with E-state index in [1.54, 1.807) is 6.92 Å². The minimum Gasteiger partial charge on any atom is -0.481 e. The Balaban J connectivity index is 4.94. The SMILES string of the molecule is CC[C@H](C)[C@H](NC(C)=O)C(=O)NCC(=O)N[C@H](C(=O)N[C@H](C=O)CC(=O)O)[C@@H](C)O. The predicted molar refractivity (Wildman–Crippen MR) is 104 cm³/mol. The number of aliphatic hydroxyl groups is 1. The van der Waals surface area contributed by atoms with E-state index in [1.807, 2.05) is 6.92 Å². The summed E-state index contributed by atoms with van der Waals surface area (Å²) in [5.41, 5.74) is 0. The first-order valence-corrected chi connectivity index (χ1v) is 9.42. The van der Waals surface area contributed by atoms with Crippen molar-refractivity contribution in [3.63, 3.8) is 0 Å². The summed E-state index contributed by atoms with van der Waals surface area (Å²) in [6.45, 7) is 5.54. The first kappa shape index (κ1) is 27.0. The predicted octanol–water partition coefficient (Wildman–Crippen LogP) is -2.32. The van der Waals surface area contributed by atoms with E-state index < -0.39 is 66.8 Å². The van der Waals surface area contributed by atoms with Crippen LogP contribution in [-0.4, -0.2) is 76.9 Å². The standard InChI is InChI=1S/C18H30N4O8/c1-5-9(2)15(20-11(4)25)17(29)19-7-13(26)22-16(10(3)24)18(30)21-12(8-23)6-14(27)28/h8-10,12,15-16,24H,5-7H2,1-4H3,(H,19,29)(H,20,25)(H,21,30)(H,22,26)(H,27,28)/t9-,10+,12-,15-,16-/m0/s1. The molecular weight excluding hydrogens is 400 g/mol. The summed E-state index contributed by atoms with van der Waals surface area (Å²) < 4.78 is 0. The first-order chi connectivity index (χ1) is 13.9. The average molecular weight is 430 g/mol. The maximum absolute atomic E-state index is 12.3. The van der Waals surface area contributed by atoms with Crippen molar-refractivity contribution in [3.05, 3.63) is 0 Å². The van der Waals surface area contributed by atoms with Gasteiger partial charge in [0, 0.05) is 6.92 Å². The van der Waals surface area contributed by atoms with Gasteiger partial charge in [0.05, 0.1) is 25.1 Å². The Labute approximate surface area is 174 Å². The summed E-state index contributed by atoms with van der Waals surface area (Å²) >= 11 is 0. The zero-order valence-corrected chi connectivity index (χ0v) is 17.4. The third-order valence-electron chi connectivity index (χ3n) is 4.25. The van der Waals surface area contributed by atoms with Crippen LogP contribution in [0, 0.1) is 5.92 Å². The minimum atomic E-state index is -1.48. The molecule has 6 N–H and O–H groups in total. The van der Waals surface area contributed by atoms with Crippen LogP contribution < -0.4 is 21.3 Å². The summed E-state index contributed by atoms with van der Waals surface area (Å²) in [5, 5.41) is 27.6. The molecule has 0 radical (unpaired) electrons. The number of hydrogen-bond acceptors (Lipinski definition) is 7. The molecule has 30 heavy (non-hydrogen) atoms. The smallest absolute Gasteiger partial charge is 0.305 e. The minimum absolute atomic E-state index is 0.192. The Hall–Kier alpha value is -3.02. The molecule has 0 saturated heterocycles. The van der Waals surface area contributed by atoms with Crippen LogP contribution in [-0.2, 0) is 28.8 Å². The molecule has 170 valence electrons. The maximum Gasteiger partial charge on any atom is 0.305 e. The Morgan fingerprint density at radius 1 is 0.967 bits per heavy atom. The van der Waals surface area contributed by atoms with Crippen LogP contribution in [0.25, 0.3) is 0 Å². The fraction of sp³-hybridized carbons (Fsp3) is 0.667. The van der Waals surface area contributed by atoms with Gasteiger partial charge in [0.25, 0.3) is 0 Å². The van der Waals surface area contributed by atoms with Crippen molar-refractivity contribution in [2.75, 3.05) is 6.54 Å². The topological polar surface area (TPSA) is 191 Å². The molecule has 0 bridgehead atoms. The van der Waals surface area contributed by atoms with Crippen LogP contribution in [0.15, 0.2) is 0 Å². The lowest BCUT2D eigenvalue weighted by Gasteiger charge is -2.24. The molecule has 0 aliphatic heterocycles. The highest BCUT2D eigenvalue weighted by molar-refractivity contribution is 5.93. The molecule has 5 atom stereocenters. The fourth-order valence-corrected chi connectivity index (χ4v) is 2.42. The molecular formula is C18H30N4O8. The van der Waals surface area contributed by atoms with Crippen molar-refractivity contribution >= 4 is 35.9 Å². The Bertz CT molecular complexity index is 652. The summed E-state index contributed by atoms with van der Waals surface area (Å²) in [7, 11) is 0. The van der Waals surface area contributed by atoms with Gasteiger partial charge in [0.15, 0.2) is 0 Å². The van der Waals surface area contributed by atoms with E-state index in [-0.39, 0.29) is 12.2 Å². The van der Waals surface area contributed by atoms with Gasteiger partial charge in [-0.05, 0) is 12.8 Å². The molecule has 0 spiro atoms. The van der Waals surface area contributed by atoms with Crippen LogP contribution in [0.4, 0.5) is 0 Å². The number of rotatable bonds is 13. The number of nitrogens with one attached hydrogen (secondary N) is 4. The van der Waals surface area contributed by atoms with E-state index in [9.17, 15) is 33.9 Å². The van der Waals surface area contributed by atoms with Gasteiger partial charge in [-0.2, -0.15) is 0 Å². The van der Waals surface area contributed by atoms with Crippen molar-refractivity contribution in [2.24, 2.45) is 5.92 Å². The second-order valence-corrected chi connectivity index (χ2v) is 6.92. The van der Waals surface area contributed by atoms with Crippen molar-refractivity contribution < 1.29 is 39.0 Å². The molecule has 0 fully saturated rings. The molecule has 0 unspecified atom stereocenters. The molecule has 0 heterocycles. The second-order valence-electron chi connectivity index (χ2n) is 6.92. The number of aldehydes is 1. The highest BCUT2D eigenvalue weighted by Crippen LogP contribution is 2.07. The number of hydrogen-bond donors (Lipinski definition) is 6. The Kier molecular flexibility index (Phi) is 11.9. The quantitative estimate of drug-likeness (QED) is 0.175. The normalized spacial score (nSPS) is 15.5. The van der Waals surface area contributed by atoms with Crippen LogP contribution in [0.5, 0.6) is 0 Å². The van der Waals surface area contributed by atoms with E-state index in [4.69, 9.17) is 5.11 Å². The lowest BCUT2D eigenvalue weighted by atomic mass is 9.98. The van der Waals surface area contributed by atoms with Crippen molar-refractivity contribution in [3.8, 4) is 0 Å². The van der Waals surface area contributed by atoms with E-state index in [0.29, 0.717) is 6.42 Å². The van der Waals surface area contributed by atoms with E-state index in [0.717, 1.165) is 0 Å². The van der Waals surface area contributed by atoms with Gasteiger partial charge in [0.2, 0.25) is 23.6 Å². The average Bonchev–Trinajstić information content (AvgIpc) is 2.66. The lowest BCUT2D eigenvalue weighted by molar-refractivity contribution is -0.139. The lowest BCUT2D eigenvalue weighted by Crippen LogP contribution is -2.57. The van der Waals surface area contributed by atoms with Gasteiger partial charge < -0.3 is 36.3 Å². The fourth-order valence-electron chi connectivity index (χ4n) is 2.42. The number of carbonyl (C=O) groups excluding carboxylic acids is 5. The van der Waals surface area contributed by atoms with E-state index >= 15 is 0 Å². The maximum atomic E-state index is 12.3. The Morgan fingerprint density at radius 3 is 2.00 bits per heavy atom. The highest BCUT2D eigenvalue weighted by atomic mass is 16.4. The summed E-state index contributed by atoms with van der Waals surface area (Å²) in [6.07, 6.45) is -1.20. The van der Waals surface area contributed by atoms with Crippen LogP contribution in [0.1, 0.15) is 40.5 Å². The van der Waals surface area contributed by atoms with Crippen molar-refractivity contribution in [1.82, 2.24) is 21.3 Å². The number of amides is 4. The molecule has 0 aromatic heterocycles. The third kappa shape index (κ3) is 9.96. The summed E-state index contributed by atoms with van der Waals surface area (Å²) in [4.78, 5) is 69.5. The molecule has 0 aromatic rings. The van der Waals surface area contributed by atoms with Crippen LogP contribution in [0.3, 0.4) is 0 Å². The molecule has 0 rings (SSSR count). The largest absolute Gasteiger partial charge is 0.481 e. The van der Waals surface area contributed by atoms with E-state index in [2.05, 4.69) is 21.3 Å². The van der Waals surface area contributed by atoms with Crippen molar-refractivity contribution in [1.29, 1.82) is 0 Å². The van der Waals surface area contributed by atoms with Gasteiger partial charge in [-0.3, -0.25) is 24.0 Å². The Morgan fingerprint density at radius 2 is 1.57 bits per heavy atom. The number of carbonyl (C=O) groups is 6. The van der Waals surface area contributed by atoms with Crippen LogP contribution >= 0.6 is 0 Å². The molecule has 0 aliphatic carbocycles. The van der Waals surface area contributed by atoms with E-state index in [1.165, 1.54) is 13.8 Å². The molecule has 0 aromatic carbocycles. The van der Waals surface area contributed by atoms with Crippen molar-refractivity contribution in [2.45, 2.75) is 64.8 Å². The van der Waals surface area contributed by atoms with Gasteiger partial charge in [-0.1, -0.05) is 20.3 Å².